The average Bonchev–Trinajstić information content (AvgIpc) is 2.37. The van der Waals surface area contributed by atoms with Crippen LogP contribution in [0.25, 0.3) is 0 Å². The van der Waals surface area contributed by atoms with Crippen LogP contribution in [0.4, 0.5) is 5.69 Å². The van der Waals surface area contributed by atoms with Crippen molar-refractivity contribution < 1.29 is 13.2 Å². The molecule has 6 heteroatoms. The van der Waals surface area contributed by atoms with Crippen molar-refractivity contribution in [2.24, 2.45) is 0 Å². The number of anilines is 1. The SMILES string of the molecule is Cc1cc(NC(=O)c2ccc(CS(C)(=O)=O)cc2)ccn1. The van der Waals surface area contributed by atoms with Gasteiger partial charge in [0.15, 0.2) is 9.84 Å². The van der Waals surface area contributed by atoms with E-state index in [9.17, 15) is 13.2 Å². The lowest BCUT2D eigenvalue weighted by atomic mass is 10.1. The Balaban J connectivity index is 2.10. The van der Waals surface area contributed by atoms with Gasteiger partial charge in [0.1, 0.15) is 0 Å². The van der Waals surface area contributed by atoms with E-state index in [1.807, 2.05) is 6.92 Å². The van der Waals surface area contributed by atoms with Crippen molar-refractivity contribution >= 4 is 21.4 Å². The lowest BCUT2D eigenvalue weighted by Crippen LogP contribution is -2.12. The molecule has 0 bridgehead atoms. The first kappa shape index (κ1) is 15.2. The second-order valence-electron chi connectivity index (χ2n) is 4.91. The van der Waals surface area contributed by atoms with Crippen LogP contribution >= 0.6 is 0 Å². The van der Waals surface area contributed by atoms with Crippen molar-refractivity contribution in [2.45, 2.75) is 12.7 Å². The molecule has 0 fully saturated rings. The van der Waals surface area contributed by atoms with Crippen LogP contribution in [-0.2, 0) is 15.6 Å². The fourth-order valence-electron chi connectivity index (χ4n) is 1.88. The molecule has 0 saturated heterocycles. The number of hydrogen-bond acceptors (Lipinski definition) is 4. The van der Waals surface area contributed by atoms with Gasteiger partial charge in [-0.2, -0.15) is 0 Å². The van der Waals surface area contributed by atoms with Crippen LogP contribution in [0.5, 0.6) is 0 Å². The maximum absolute atomic E-state index is 12.1. The maximum Gasteiger partial charge on any atom is 0.255 e. The largest absolute Gasteiger partial charge is 0.322 e. The number of aryl methyl sites for hydroxylation is 1. The van der Waals surface area contributed by atoms with Crippen LogP contribution in [0.2, 0.25) is 0 Å². The molecule has 5 nitrogen and oxygen atoms in total. The number of benzene rings is 1. The van der Waals surface area contributed by atoms with Crippen LogP contribution in [0, 0.1) is 6.92 Å². The van der Waals surface area contributed by atoms with Crippen LogP contribution in [-0.4, -0.2) is 25.6 Å². The van der Waals surface area contributed by atoms with Crippen LogP contribution < -0.4 is 5.32 Å². The lowest BCUT2D eigenvalue weighted by molar-refractivity contribution is 0.102. The van der Waals surface area contributed by atoms with Crippen molar-refractivity contribution in [1.82, 2.24) is 4.98 Å². The van der Waals surface area contributed by atoms with E-state index >= 15 is 0 Å². The summed E-state index contributed by atoms with van der Waals surface area (Å²) in [6.07, 6.45) is 2.81. The standard InChI is InChI=1S/C15H16N2O3S/c1-11-9-14(7-8-16-11)17-15(18)13-5-3-12(4-6-13)10-21(2,19)20/h3-9H,10H2,1-2H3,(H,16,17,18). The molecule has 1 aromatic carbocycles. The highest BCUT2D eigenvalue weighted by atomic mass is 32.2. The van der Waals surface area contributed by atoms with E-state index in [1.54, 1.807) is 42.6 Å². The molecular formula is C15H16N2O3S. The highest BCUT2D eigenvalue weighted by Crippen LogP contribution is 2.12. The Morgan fingerprint density at radius 1 is 1.19 bits per heavy atom. The molecule has 0 radical (unpaired) electrons. The summed E-state index contributed by atoms with van der Waals surface area (Å²) >= 11 is 0. The third-order valence-electron chi connectivity index (χ3n) is 2.80. The molecule has 0 unspecified atom stereocenters. The Morgan fingerprint density at radius 3 is 2.43 bits per heavy atom. The Labute approximate surface area is 124 Å². The van der Waals surface area contributed by atoms with Gasteiger partial charge in [0.2, 0.25) is 0 Å². The highest BCUT2D eigenvalue weighted by molar-refractivity contribution is 7.89. The second-order valence-corrected chi connectivity index (χ2v) is 7.05. The van der Waals surface area contributed by atoms with E-state index in [0.29, 0.717) is 16.8 Å². The minimum Gasteiger partial charge on any atom is -0.322 e. The number of rotatable bonds is 4. The Kier molecular flexibility index (Phi) is 4.37. The van der Waals surface area contributed by atoms with Crippen molar-refractivity contribution in [3.8, 4) is 0 Å². The molecular weight excluding hydrogens is 288 g/mol. The predicted octanol–water partition coefficient (Wildman–Crippen LogP) is 2.19. The first-order valence-corrected chi connectivity index (χ1v) is 8.40. The molecule has 1 heterocycles. The second kappa shape index (κ2) is 6.05. The van der Waals surface area contributed by atoms with E-state index in [4.69, 9.17) is 0 Å². The van der Waals surface area contributed by atoms with Gasteiger partial charge in [0, 0.05) is 29.4 Å². The Hall–Kier alpha value is -2.21. The number of carbonyl (C=O) groups is 1. The number of aromatic nitrogens is 1. The van der Waals surface area contributed by atoms with Crippen molar-refractivity contribution in [3.63, 3.8) is 0 Å². The van der Waals surface area contributed by atoms with Crippen molar-refractivity contribution in [2.75, 3.05) is 11.6 Å². The van der Waals surface area contributed by atoms with Gasteiger partial charge in [-0.25, -0.2) is 8.42 Å². The topological polar surface area (TPSA) is 76.1 Å². The van der Waals surface area contributed by atoms with Crippen LogP contribution in [0.1, 0.15) is 21.6 Å². The normalized spacial score (nSPS) is 11.1. The number of hydrogen-bond donors (Lipinski definition) is 1. The third-order valence-corrected chi connectivity index (χ3v) is 3.66. The summed E-state index contributed by atoms with van der Waals surface area (Å²) in [6.45, 7) is 1.84. The quantitative estimate of drug-likeness (QED) is 0.939. The number of sulfone groups is 1. The van der Waals surface area contributed by atoms with Gasteiger partial charge in [-0.05, 0) is 36.8 Å². The minimum absolute atomic E-state index is 0.0293. The first-order chi connectivity index (χ1) is 9.83. The predicted molar refractivity (Wildman–Crippen MR) is 81.9 cm³/mol. The van der Waals surface area contributed by atoms with Gasteiger partial charge in [0.05, 0.1) is 5.75 Å². The molecule has 0 atom stereocenters. The summed E-state index contributed by atoms with van der Waals surface area (Å²) in [6, 6.07) is 10.0. The lowest BCUT2D eigenvalue weighted by Gasteiger charge is -2.06. The highest BCUT2D eigenvalue weighted by Gasteiger charge is 2.08. The summed E-state index contributed by atoms with van der Waals surface area (Å²) in [5.74, 6) is -0.273. The average molecular weight is 304 g/mol. The number of pyridine rings is 1. The number of nitrogens with one attached hydrogen (secondary N) is 1. The van der Waals surface area contributed by atoms with E-state index < -0.39 is 9.84 Å². The van der Waals surface area contributed by atoms with E-state index in [0.717, 1.165) is 5.69 Å². The van der Waals surface area contributed by atoms with Gasteiger partial charge in [-0.1, -0.05) is 12.1 Å². The zero-order valence-electron chi connectivity index (χ0n) is 11.8. The smallest absolute Gasteiger partial charge is 0.255 e. The van der Waals surface area contributed by atoms with E-state index in [-0.39, 0.29) is 11.7 Å². The number of carbonyl (C=O) groups excluding carboxylic acids is 1. The zero-order valence-corrected chi connectivity index (χ0v) is 12.6. The van der Waals surface area contributed by atoms with Gasteiger partial charge >= 0.3 is 0 Å². The van der Waals surface area contributed by atoms with E-state index in [1.165, 1.54) is 6.26 Å². The summed E-state index contributed by atoms with van der Waals surface area (Å²) < 4.78 is 22.4. The maximum atomic E-state index is 12.1. The molecule has 2 rings (SSSR count). The molecule has 0 spiro atoms. The monoisotopic (exact) mass is 304 g/mol. The molecule has 1 aromatic heterocycles. The molecule has 2 aromatic rings. The first-order valence-electron chi connectivity index (χ1n) is 6.34. The fraction of sp³-hybridized carbons (Fsp3) is 0.200. The minimum atomic E-state index is -3.07. The molecule has 0 aliphatic rings. The Morgan fingerprint density at radius 2 is 1.86 bits per heavy atom. The molecule has 110 valence electrons. The summed E-state index contributed by atoms with van der Waals surface area (Å²) in [5, 5.41) is 2.77. The van der Waals surface area contributed by atoms with Crippen LogP contribution in [0.3, 0.4) is 0 Å². The van der Waals surface area contributed by atoms with Gasteiger partial charge in [-0.15, -0.1) is 0 Å². The van der Waals surface area contributed by atoms with Gasteiger partial charge in [-0.3, -0.25) is 9.78 Å². The van der Waals surface area contributed by atoms with Crippen molar-refractivity contribution in [1.29, 1.82) is 0 Å². The number of nitrogens with zero attached hydrogens (tertiary/aromatic N) is 1. The van der Waals surface area contributed by atoms with Crippen LogP contribution in [0.15, 0.2) is 42.6 Å². The molecule has 0 aliphatic carbocycles. The molecule has 21 heavy (non-hydrogen) atoms. The van der Waals surface area contributed by atoms with Gasteiger partial charge < -0.3 is 5.32 Å². The molecule has 1 N–H and O–H groups in total. The van der Waals surface area contributed by atoms with Gasteiger partial charge in [0.25, 0.3) is 5.91 Å². The fourth-order valence-corrected chi connectivity index (χ4v) is 2.68. The van der Waals surface area contributed by atoms with E-state index in [2.05, 4.69) is 10.3 Å². The van der Waals surface area contributed by atoms with Crippen molar-refractivity contribution in [3.05, 3.63) is 59.4 Å². The molecule has 1 amide bonds. The molecule has 0 saturated carbocycles. The summed E-state index contributed by atoms with van der Waals surface area (Å²) in [7, 11) is -3.07. The summed E-state index contributed by atoms with van der Waals surface area (Å²) in [5.41, 5.74) is 2.62. The number of amides is 1. The third kappa shape index (κ3) is 4.68. The molecule has 0 aliphatic heterocycles. The Bertz CT molecular complexity index is 753. The zero-order chi connectivity index (χ0) is 15.5. The summed E-state index contributed by atoms with van der Waals surface area (Å²) in [4.78, 5) is 16.1.